The number of carbonyl (C=O) groups excluding carboxylic acids is 2. The average molecular weight is 184 g/mol. The zero-order valence-corrected chi connectivity index (χ0v) is 6.87. The van der Waals surface area contributed by atoms with Gasteiger partial charge < -0.3 is 14.9 Å². The monoisotopic (exact) mass is 184 g/mol. The zero-order valence-electron chi connectivity index (χ0n) is 6.87. The van der Waals surface area contributed by atoms with E-state index in [1.165, 1.54) is 19.4 Å². The minimum absolute atomic E-state index is 0.0145. The number of nitrogens with one attached hydrogen (secondary N) is 1. The fourth-order valence-electron chi connectivity index (χ4n) is 0.789. The van der Waals surface area contributed by atoms with Crippen molar-refractivity contribution in [2.24, 2.45) is 5.73 Å². The van der Waals surface area contributed by atoms with E-state index in [4.69, 9.17) is 10.2 Å². The molecule has 70 valence electrons. The summed E-state index contributed by atoms with van der Waals surface area (Å²) in [7, 11) is 1.23. The molecule has 1 aromatic heterocycles. The number of urea groups is 1. The van der Waals surface area contributed by atoms with E-state index in [0.717, 1.165) is 0 Å². The van der Waals surface area contributed by atoms with Crippen molar-refractivity contribution in [3.05, 3.63) is 17.9 Å². The Morgan fingerprint density at radius 2 is 2.31 bits per heavy atom. The number of rotatable bonds is 2. The molecular formula is C7H8N2O4. The summed E-state index contributed by atoms with van der Waals surface area (Å²) in [5, 5.41) is 2.14. The van der Waals surface area contributed by atoms with Gasteiger partial charge in [0.15, 0.2) is 0 Å². The number of anilines is 1. The van der Waals surface area contributed by atoms with Gasteiger partial charge in [0.05, 0.1) is 13.4 Å². The quantitative estimate of drug-likeness (QED) is 0.656. The first kappa shape index (κ1) is 9.11. The Labute approximate surface area is 73.6 Å². The molecule has 2 amide bonds. The van der Waals surface area contributed by atoms with E-state index in [1.54, 1.807) is 0 Å². The summed E-state index contributed by atoms with van der Waals surface area (Å²) >= 11 is 0. The van der Waals surface area contributed by atoms with Crippen LogP contribution in [0.15, 0.2) is 16.7 Å². The van der Waals surface area contributed by atoms with E-state index < -0.39 is 12.0 Å². The van der Waals surface area contributed by atoms with Gasteiger partial charge in [0, 0.05) is 0 Å². The number of amides is 2. The first-order valence-electron chi connectivity index (χ1n) is 3.37. The van der Waals surface area contributed by atoms with Crippen LogP contribution in [0, 0.1) is 0 Å². The zero-order chi connectivity index (χ0) is 9.84. The van der Waals surface area contributed by atoms with E-state index in [2.05, 4.69) is 10.1 Å². The van der Waals surface area contributed by atoms with Crippen LogP contribution < -0.4 is 11.1 Å². The second-order valence-corrected chi connectivity index (χ2v) is 2.14. The molecule has 0 saturated heterocycles. The molecule has 1 aromatic rings. The van der Waals surface area contributed by atoms with Gasteiger partial charge >= 0.3 is 12.0 Å². The molecule has 0 aromatic carbocycles. The number of nitrogens with two attached hydrogens (primary N) is 1. The summed E-state index contributed by atoms with van der Waals surface area (Å²) in [5.41, 5.74) is 4.96. The summed E-state index contributed by atoms with van der Waals surface area (Å²) in [5.74, 6) is -0.614. The second kappa shape index (κ2) is 3.61. The van der Waals surface area contributed by atoms with E-state index in [1.807, 2.05) is 0 Å². The second-order valence-electron chi connectivity index (χ2n) is 2.14. The fraction of sp³-hybridized carbons (Fsp3) is 0.143. The highest BCUT2D eigenvalue weighted by Gasteiger charge is 2.15. The molecule has 0 atom stereocenters. The molecule has 0 aliphatic heterocycles. The molecule has 0 aliphatic carbocycles. The molecule has 0 radical (unpaired) electrons. The highest BCUT2D eigenvalue weighted by molar-refractivity contribution is 5.98. The molecule has 0 fully saturated rings. The number of hydrogen-bond acceptors (Lipinski definition) is 4. The summed E-state index contributed by atoms with van der Waals surface area (Å²) in [6.07, 6.45) is 1.25. The van der Waals surface area contributed by atoms with E-state index >= 15 is 0 Å². The molecule has 6 nitrogen and oxygen atoms in total. The summed E-state index contributed by atoms with van der Waals surface area (Å²) in [6.45, 7) is 0. The van der Waals surface area contributed by atoms with E-state index in [-0.39, 0.29) is 11.4 Å². The van der Waals surface area contributed by atoms with Crippen molar-refractivity contribution < 1.29 is 18.7 Å². The number of esters is 1. The van der Waals surface area contributed by atoms with E-state index in [9.17, 15) is 9.59 Å². The number of ether oxygens (including phenoxy) is 1. The Bertz CT molecular complexity index is 331. The summed E-state index contributed by atoms with van der Waals surface area (Å²) < 4.78 is 9.21. The van der Waals surface area contributed by atoms with Gasteiger partial charge in [-0.1, -0.05) is 0 Å². The van der Waals surface area contributed by atoms with Gasteiger partial charge in [0.1, 0.15) is 5.56 Å². The van der Waals surface area contributed by atoms with Crippen molar-refractivity contribution in [2.75, 3.05) is 12.4 Å². The van der Waals surface area contributed by atoms with Crippen LogP contribution in [0.1, 0.15) is 10.4 Å². The number of carbonyl (C=O) groups is 2. The Morgan fingerprint density at radius 3 is 2.85 bits per heavy atom. The standard InChI is InChI=1S/C7H8N2O4/c1-12-6(10)4-2-3-13-5(4)9-7(8)11/h2-3H,1H3,(H3,8,9,11). The Morgan fingerprint density at radius 1 is 1.62 bits per heavy atom. The van der Waals surface area contributed by atoms with E-state index in [0.29, 0.717) is 0 Å². The molecule has 0 spiro atoms. The van der Waals surface area contributed by atoms with Crippen LogP contribution >= 0.6 is 0 Å². The van der Waals surface area contributed by atoms with Crippen molar-refractivity contribution in [3.63, 3.8) is 0 Å². The lowest BCUT2D eigenvalue weighted by atomic mass is 10.3. The first-order valence-corrected chi connectivity index (χ1v) is 3.37. The number of furan rings is 1. The maximum absolute atomic E-state index is 11.0. The third-order valence-electron chi connectivity index (χ3n) is 1.31. The smallest absolute Gasteiger partial charge is 0.343 e. The molecule has 3 N–H and O–H groups in total. The van der Waals surface area contributed by atoms with Crippen LogP contribution in [-0.2, 0) is 4.74 Å². The Hall–Kier alpha value is -1.98. The lowest BCUT2D eigenvalue weighted by Gasteiger charge is -1.99. The first-order chi connectivity index (χ1) is 6.15. The lowest BCUT2D eigenvalue weighted by molar-refractivity contribution is 0.0601. The molecule has 0 saturated carbocycles. The van der Waals surface area contributed by atoms with Crippen molar-refractivity contribution in [1.82, 2.24) is 0 Å². The number of methoxy groups -OCH3 is 1. The maximum Gasteiger partial charge on any atom is 0.343 e. The minimum atomic E-state index is -0.805. The van der Waals surface area contributed by atoms with Crippen LogP contribution in [-0.4, -0.2) is 19.1 Å². The normalized spacial score (nSPS) is 9.31. The fourth-order valence-corrected chi connectivity index (χ4v) is 0.789. The summed E-state index contributed by atoms with van der Waals surface area (Å²) in [6, 6.07) is 0.567. The van der Waals surface area contributed by atoms with Crippen LogP contribution in [0.2, 0.25) is 0 Å². The van der Waals surface area contributed by atoms with Gasteiger partial charge in [-0.2, -0.15) is 0 Å². The molecule has 1 rings (SSSR count). The molecule has 6 heteroatoms. The van der Waals surface area contributed by atoms with Crippen molar-refractivity contribution in [3.8, 4) is 0 Å². The predicted octanol–water partition coefficient (Wildman–Crippen LogP) is 0.557. The molecular weight excluding hydrogens is 176 g/mol. The summed E-state index contributed by atoms with van der Waals surface area (Å²) in [4.78, 5) is 21.4. The SMILES string of the molecule is COC(=O)c1ccoc1NC(N)=O. The largest absolute Gasteiger partial charge is 0.465 e. The average Bonchev–Trinajstić information content (AvgIpc) is 2.50. The van der Waals surface area contributed by atoms with Gasteiger partial charge in [-0.15, -0.1) is 0 Å². The number of primary amides is 1. The predicted molar refractivity (Wildman–Crippen MR) is 43.3 cm³/mol. The van der Waals surface area contributed by atoms with Gasteiger partial charge in [0.2, 0.25) is 5.88 Å². The Balaban J connectivity index is 2.89. The molecule has 0 bridgehead atoms. The van der Waals surface area contributed by atoms with Crippen LogP contribution in [0.3, 0.4) is 0 Å². The molecule has 0 aliphatic rings. The van der Waals surface area contributed by atoms with Crippen molar-refractivity contribution in [2.45, 2.75) is 0 Å². The van der Waals surface area contributed by atoms with Gasteiger partial charge in [-0.05, 0) is 6.07 Å². The van der Waals surface area contributed by atoms with Crippen LogP contribution in [0.25, 0.3) is 0 Å². The lowest BCUT2D eigenvalue weighted by Crippen LogP contribution is -2.20. The van der Waals surface area contributed by atoms with Gasteiger partial charge in [-0.25, -0.2) is 9.59 Å². The molecule has 13 heavy (non-hydrogen) atoms. The van der Waals surface area contributed by atoms with Crippen molar-refractivity contribution in [1.29, 1.82) is 0 Å². The van der Waals surface area contributed by atoms with Crippen LogP contribution in [0.5, 0.6) is 0 Å². The third kappa shape index (κ3) is 1.98. The van der Waals surface area contributed by atoms with Gasteiger partial charge in [0.25, 0.3) is 0 Å². The van der Waals surface area contributed by atoms with Crippen molar-refractivity contribution >= 4 is 17.9 Å². The Kier molecular flexibility index (Phi) is 2.53. The third-order valence-corrected chi connectivity index (χ3v) is 1.31. The molecule has 1 heterocycles. The number of hydrogen-bond donors (Lipinski definition) is 2. The topological polar surface area (TPSA) is 94.6 Å². The minimum Gasteiger partial charge on any atom is -0.465 e. The molecule has 0 unspecified atom stereocenters. The van der Waals surface area contributed by atoms with Crippen LogP contribution in [0.4, 0.5) is 10.7 Å². The van der Waals surface area contributed by atoms with Gasteiger partial charge in [-0.3, -0.25) is 5.32 Å². The highest BCUT2D eigenvalue weighted by atomic mass is 16.5. The highest BCUT2D eigenvalue weighted by Crippen LogP contribution is 2.16. The maximum atomic E-state index is 11.0.